The lowest BCUT2D eigenvalue weighted by Crippen LogP contribution is -2.37. The van der Waals surface area contributed by atoms with Crippen molar-refractivity contribution in [2.24, 2.45) is 0 Å². The van der Waals surface area contributed by atoms with Gasteiger partial charge in [-0.2, -0.15) is 0 Å². The summed E-state index contributed by atoms with van der Waals surface area (Å²) >= 11 is 0. The van der Waals surface area contributed by atoms with Crippen LogP contribution in [0.1, 0.15) is 36.7 Å². The van der Waals surface area contributed by atoms with Crippen LogP contribution >= 0.6 is 0 Å². The molecule has 2 saturated heterocycles. The Morgan fingerprint density at radius 1 is 1.28 bits per heavy atom. The summed E-state index contributed by atoms with van der Waals surface area (Å²) in [5, 5.41) is 0. The Labute approximate surface area is 108 Å². The van der Waals surface area contributed by atoms with Gasteiger partial charge in [0, 0.05) is 43.6 Å². The summed E-state index contributed by atoms with van der Waals surface area (Å²) in [4.78, 5) is 11.6. The predicted molar refractivity (Wildman–Crippen MR) is 69.5 cm³/mol. The molecule has 0 amide bonds. The van der Waals surface area contributed by atoms with E-state index in [1.807, 2.05) is 19.2 Å². The van der Waals surface area contributed by atoms with E-state index in [1.165, 1.54) is 25.8 Å². The van der Waals surface area contributed by atoms with Crippen LogP contribution in [0.15, 0.2) is 12.3 Å². The highest BCUT2D eigenvalue weighted by molar-refractivity contribution is 5.06. The van der Waals surface area contributed by atoms with Crippen molar-refractivity contribution in [1.82, 2.24) is 14.9 Å². The number of ether oxygens (including phenoxy) is 1. The Bertz CT molecular complexity index is 404. The monoisotopic (exact) mass is 247 g/mol. The third kappa shape index (κ3) is 2.54. The average Bonchev–Trinajstić information content (AvgIpc) is 2.89. The van der Waals surface area contributed by atoms with Crippen LogP contribution in [0.25, 0.3) is 0 Å². The second-order valence-corrected chi connectivity index (χ2v) is 5.38. The van der Waals surface area contributed by atoms with Crippen molar-refractivity contribution in [2.75, 3.05) is 26.3 Å². The molecule has 3 heterocycles. The minimum absolute atomic E-state index is 0.521. The lowest BCUT2D eigenvalue weighted by atomic mass is 10.1. The molecule has 0 N–H and O–H groups in total. The van der Waals surface area contributed by atoms with Gasteiger partial charge in [0.25, 0.3) is 0 Å². The van der Waals surface area contributed by atoms with Gasteiger partial charge in [0.05, 0.1) is 0 Å². The van der Waals surface area contributed by atoms with Crippen LogP contribution in [0.3, 0.4) is 0 Å². The van der Waals surface area contributed by atoms with Gasteiger partial charge in [-0.1, -0.05) is 0 Å². The summed E-state index contributed by atoms with van der Waals surface area (Å²) in [6.45, 7) is 6.19. The molecule has 4 nitrogen and oxygen atoms in total. The molecule has 18 heavy (non-hydrogen) atoms. The van der Waals surface area contributed by atoms with Crippen molar-refractivity contribution >= 4 is 0 Å². The van der Waals surface area contributed by atoms with Gasteiger partial charge < -0.3 is 4.74 Å². The number of likely N-dealkylation sites (tertiary alicyclic amines) is 1. The lowest BCUT2D eigenvalue weighted by Gasteiger charge is -2.30. The molecule has 1 atom stereocenters. The maximum atomic E-state index is 5.44. The SMILES string of the molecule is Cc1ccnc([C@@H]2CCN(C3CCOCC3)C2)n1. The molecule has 4 heteroatoms. The van der Waals surface area contributed by atoms with Crippen LogP contribution in [0.2, 0.25) is 0 Å². The molecule has 2 aliphatic heterocycles. The van der Waals surface area contributed by atoms with E-state index in [2.05, 4.69) is 14.9 Å². The summed E-state index contributed by atoms with van der Waals surface area (Å²) in [6.07, 6.45) is 5.44. The Balaban J connectivity index is 1.64. The molecular formula is C14H21N3O. The second kappa shape index (κ2) is 5.33. The van der Waals surface area contributed by atoms with Gasteiger partial charge in [-0.3, -0.25) is 4.90 Å². The number of hydrogen-bond acceptors (Lipinski definition) is 4. The van der Waals surface area contributed by atoms with E-state index >= 15 is 0 Å². The molecule has 3 rings (SSSR count). The first-order valence-electron chi connectivity index (χ1n) is 6.94. The van der Waals surface area contributed by atoms with Crippen LogP contribution < -0.4 is 0 Å². The quantitative estimate of drug-likeness (QED) is 0.798. The van der Waals surface area contributed by atoms with Gasteiger partial charge >= 0.3 is 0 Å². The van der Waals surface area contributed by atoms with Crippen molar-refractivity contribution in [3.05, 3.63) is 23.8 Å². The largest absolute Gasteiger partial charge is 0.381 e. The third-order valence-electron chi connectivity index (χ3n) is 4.11. The summed E-state index contributed by atoms with van der Waals surface area (Å²) < 4.78 is 5.44. The Hall–Kier alpha value is -1.00. The van der Waals surface area contributed by atoms with Crippen LogP contribution in [0.5, 0.6) is 0 Å². The minimum Gasteiger partial charge on any atom is -0.381 e. The first-order valence-corrected chi connectivity index (χ1v) is 6.94. The normalized spacial score (nSPS) is 26.6. The standard InChI is InChI=1S/C14H21N3O/c1-11-2-6-15-14(16-11)12-3-7-17(10-12)13-4-8-18-9-5-13/h2,6,12-13H,3-5,7-10H2,1H3/t12-/m1/s1. The zero-order valence-corrected chi connectivity index (χ0v) is 11.0. The van der Waals surface area contributed by atoms with Crippen LogP contribution in [0, 0.1) is 6.92 Å². The van der Waals surface area contributed by atoms with E-state index < -0.39 is 0 Å². The molecule has 0 radical (unpaired) electrons. The number of aromatic nitrogens is 2. The van der Waals surface area contributed by atoms with Crippen LogP contribution in [-0.2, 0) is 4.74 Å². The highest BCUT2D eigenvalue weighted by Gasteiger charge is 2.31. The highest BCUT2D eigenvalue weighted by atomic mass is 16.5. The maximum Gasteiger partial charge on any atom is 0.132 e. The molecule has 2 aliphatic rings. The van der Waals surface area contributed by atoms with Gasteiger partial charge in [-0.05, 0) is 38.8 Å². The smallest absolute Gasteiger partial charge is 0.132 e. The van der Waals surface area contributed by atoms with Crippen molar-refractivity contribution in [1.29, 1.82) is 0 Å². The Kier molecular flexibility index (Phi) is 3.57. The maximum absolute atomic E-state index is 5.44. The van der Waals surface area contributed by atoms with Crippen LogP contribution in [0.4, 0.5) is 0 Å². The average molecular weight is 247 g/mol. The summed E-state index contributed by atoms with van der Waals surface area (Å²) in [6, 6.07) is 2.68. The summed E-state index contributed by atoms with van der Waals surface area (Å²) in [7, 11) is 0. The number of nitrogens with zero attached hydrogens (tertiary/aromatic N) is 3. The molecular weight excluding hydrogens is 226 g/mol. The van der Waals surface area contributed by atoms with E-state index in [-0.39, 0.29) is 0 Å². The predicted octanol–water partition coefficient (Wildman–Crippen LogP) is 1.75. The van der Waals surface area contributed by atoms with Gasteiger partial charge in [0.1, 0.15) is 5.82 Å². The molecule has 0 aliphatic carbocycles. The van der Waals surface area contributed by atoms with E-state index in [4.69, 9.17) is 4.74 Å². The van der Waals surface area contributed by atoms with Crippen molar-refractivity contribution in [3.8, 4) is 0 Å². The molecule has 1 aromatic heterocycles. The molecule has 0 aromatic carbocycles. The zero-order chi connectivity index (χ0) is 12.4. The summed E-state index contributed by atoms with van der Waals surface area (Å²) in [5.74, 6) is 1.55. The summed E-state index contributed by atoms with van der Waals surface area (Å²) in [5.41, 5.74) is 1.07. The molecule has 98 valence electrons. The van der Waals surface area contributed by atoms with E-state index in [0.717, 1.165) is 31.3 Å². The third-order valence-corrected chi connectivity index (χ3v) is 4.11. The fraction of sp³-hybridized carbons (Fsp3) is 0.714. The van der Waals surface area contributed by atoms with Crippen molar-refractivity contribution in [2.45, 2.75) is 38.1 Å². The molecule has 2 fully saturated rings. The molecule has 0 saturated carbocycles. The highest BCUT2D eigenvalue weighted by Crippen LogP contribution is 2.28. The van der Waals surface area contributed by atoms with E-state index in [9.17, 15) is 0 Å². The van der Waals surface area contributed by atoms with Gasteiger partial charge in [-0.25, -0.2) is 9.97 Å². The zero-order valence-electron chi connectivity index (χ0n) is 11.0. The Morgan fingerprint density at radius 2 is 2.11 bits per heavy atom. The van der Waals surface area contributed by atoms with E-state index in [1.54, 1.807) is 0 Å². The first-order chi connectivity index (χ1) is 8.83. The Morgan fingerprint density at radius 3 is 2.89 bits per heavy atom. The fourth-order valence-corrected chi connectivity index (χ4v) is 3.05. The fourth-order valence-electron chi connectivity index (χ4n) is 3.05. The van der Waals surface area contributed by atoms with Crippen molar-refractivity contribution in [3.63, 3.8) is 0 Å². The minimum atomic E-state index is 0.521. The molecule has 0 unspecified atom stereocenters. The number of aryl methyl sites for hydroxylation is 1. The lowest BCUT2D eigenvalue weighted by molar-refractivity contribution is 0.0419. The van der Waals surface area contributed by atoms with Gasteiger partial charge in [0.15, 0.2) is 0 Å². The molecule has 0 spiro atoms. The first kappa shape index (κ1) is 12.1. The second-order valence-electron chi connectivity index (χ2n) is 5.38. The van der Waals surface area contributed by atoms with Gasteiger partial charge in [0.2, 0.25) is 0 Å². The van der Waals surface area contributed by atoms with Crippen molar-refractivity contribution < 1.29 is 4.74 Å². The van der Waals surface area contributed by atoms with Gasteiger partial charge in [-0.15, -0.1) is 0 Å². The topological polar surface area (TPSA) is 38.2 Å². The molecule has 0 bridgehead atoms. The number of rotatable bonds is 2. The molecule has 1 aromatic rings. The number of hydrogen-bond donors (Lipinski definition) is 0. The van der Waals surface area contributed by atoms with Crippen LogP contribution in [-0.4, -0.2) is 47.2 Å². The van der Waals surface area contributed by atoms with E-state index in [0.29, 0.717) is 12.0 Å².